The Kier molecular flexibility index (Phi) is 9.39. The summed E-state index contributed by atoms with van der Waals surface area (Å²) >= 11 is 0. The molecule has 0 unspecified atom stereocenters. The van der Waals surface area contributed by atoms with Crippen molar-refractivity contribution >= 4 is 43.7 Å². The summed E-state index contributed by atoms with van der Waals surface area (Å²) in [6.07, 6.45) is 2.00. The Morgan fingerprint density at radius 1 is 0.338 bits per heavy atom. The van der Waals surface area contributed by atoms with Crippen LogP contribution in [0.4, 0.5) is 0 Å². The van der Waals surface area contributed by atoms with E-state index in [0.29, 0.717) is 17.5 Å². The van der Waals surface area contributed by atoms with Gasteiger partial charge in [-0.1, -0.05) is 182 Å². The van der Waals surface area contributed by atoms with Crippen LogP contribution in [0, 0.1) is 0 Å². The highest BCUT2D eigenvalue weighted by molar-refractivity contribution is 6.25. The molecule has 0 saturated heterocycles. The summed E-state index contributed by atoms with van der Waals surface area (Å²) in [5.74, 6) is 1.66. The van der Waals surface area contributed by atoms with E-state index in [9.17, 15) is 0 Å². The lowest BCUT2D eigenvalue weighted by Gasteiger charge is -2.16. The predicted octanol–water partition coefficient (Wildman–Crippen LogP) is 15.9. The SMILES string of the molecule is c1ccc(-c2ccc(-c3ccccc3)c(-c3cnc(-c4cccc5oc6c(ccc7c6c6ccccc6n7-c6ccccc6)c45)c(-c4nc(-c5ccccc5)nc(-c5ccccc5)n4)c3)c2)cc1. The Balaban J connectivity index is 1.10. The van der Waals surface area contributed by atoms with E-state index in [0.717, 1.165) is 111 Å². The van der Waals surface area contributed by atoms with E-state index >= 15 is 0 Å². The lowest BCUT2D eigenvalue weighted by atomic mass is 9.90. The molecule has 6 nitrogen and oxygen atoms in total. The molecule has 0 aliphatic heterocycles. The molecular formula is C62H39N5O. The van der Waals surface area contributed by atoms with Gasteiger partial charge in [-0.2, -0.15) is 0 Å². The van der Waals surface area contributed by atoms with Crippen molar-refractivity contribution in [2.24, 2.45) is 0 Å². The molecule has 0 radical (unpaired) electrons. The molecular weight excluding hydrogens is 831 g/mol. The molecule has 0 saturated carbocycles. The summed E-state index contributed by atoms with van der Waals surface area (Å²) in [5, 5.41) is 4.17. The molecule has 9 aromatic carbocycles. The van der Waals surface area contributed by atoms with Gasteiger partial charge < -0.3 is 8.98 Å². The molecule has 13 rings (SSSR count). The van der Waals surface area contributed by atoms with Crippen LogP contribution in [0.1, 0.15) is 0 Å². The maximum absolute atomic E-state index is 7.02. The highest BCUT2D eigenvalue weighted by Crippen LogP contribution is 2.46. The summed E-state index contributed by atoms with van der Waals surface area (Å²) in [7, 11) is 0. The predicted molar refractivity (Wildman–Crippen MR) is 277 cm³/mol. The largest absolute Gasteiger partial charge is 0.455 e. The average Bonchev–Trinajstić information content (AvgIpc) is 3.98. The van der Waals surface area contributed by atoms with Crippen LogP contribution in [0.5, 0.6) is 0 Å². The van der Waals surface area contributed by atoms with E-state index in [1.807, 2.05) is 66.9 Å². The van der Waals surface area contributed by atoms with Crippen LogP contribution >= 0.6 is 0 Å². The van der Waals surface area contributed by atoms with Crippen LogP contribution < -0.4 is 0 Å². The number of nitrogens with zero attached hydrogens (tertiary/aromatic N) is 5. The Morgan fingerprint density at radius 2 is 0.926 bits per heavy atom. The highest BCUT2D eigenvalue weighted by atomic mass is 16.3. The second-order valence-electron chi connectivity index (χ2n) is 17.0. The number of hydrogen-bond acceptors (Lipinski definition) is 5. The summed E-state index contributed by atoms with van der Waals surface area (Å²) in [5.41, 5.74) is 15.5. The molecule has 4 heterocycles. The first-order valence-corrected chi connectivity index (χ1v) is 22.8. The molecule has 0 aliphatic rings. The first kappa shape index (κ1) is 39.1. The normalized spacial score (nSPS) is 11.5. The number of aromatic nitrogens is 5. The van der Waals surface area contributed by atoms with Crippen LogP contribution in [0.2, 0.25) is 0 Å². The minimum absolute atomic E-state index is 0.514. The molecule has 0 spiro atoms. The van der Waals surface area contributed by atoms with E-state index in [1.54, 1.807) is 0 Å². The zero-order valence-corrected chi connectivity index (χ0v) is 36.7. The topological polar surface area (TPSA) is 69.6 Å². The average molecular weight is 870 g/mol. The van der Waals surface area contributed by atoms with Gasteiger partial charge in [-0.25, -0.2) is 15.0 Å². The van der Waals surface area contributed by atoms with Gasteiger partial charge in [-0.15, -0.1) is 0 Å². The summed E-state index contributed by atoms with van der Waals surface area (Å²) in [6, 6.07) is 79.9. The molecule has 0 aliphatic carbocycles. The van der Waals surface area contributed by atoms with E-state index in [2.05, 4.69) is 174 Å². The molecule has 0 atom stereocenters. The first-order valence-electron chi connectivity index (χ1n) is 22.8. The third kappa shape index (κ3) is 6.66. The van der Waals surface area contributed by atoms with Crippen molar-refractivity contribution in [3.63, 3.8) is 0 Å². The van der Waals surface area contributed by atoms with Crippen molar-refractivity contribution in [2.75, 3.05) is 0 Å². The molecule has 0 bridgehead atoms. The minimum atomic E-state index is 0.514. The number of hydrogen-bond donors (Lipinski definition) is 0. The molecule has 6 heteroatoms. The Bertz CT molecular complexity index is 3940. The van der Waals surface area contributed by atoms with Crippen LogP contribution in [0.25, 0.3) is 128 Å². The van der Waals surface area contributed by atoms with Gasteiger partial charge in [0.1, 0.15) is 11.2 Å². The molecule has 4 aromatic heterocycles. The van der Waals surface area contributed by atoms with Crippen LogP contribution in [0.3, 0.4) is 0 Å². The van der Waals surface area contributed by atoms with Crippen molar-refractivity contribution in [2.45, 2.75) is 0 Å². The number of para-hydroxylation sites is 2. The van der Waals surface area contributed by atoms with Crippen molar-refractivity contribution in [3.05, 3.63) is 237 Å². The molecule has 318 valence electrons. The number of benzene rings is 9. The highest BCUT2D eigenvalue weighted by Gasteiger charge is 2.24. The van der Waals surface area contributed by atoms with Crippen molar-refractivity contribution in [1.82, 2.24) is 24.5 Å². The first-order chi connectivity index (χ1) is 33.7. The van der Waals surface area contributed by atoms with E-state index < -0.39 is 0 Å². The van der Waals surface area contributed by atoms with Crippen molar-refractivity contribution < 1.29 is 4.42 Å². The van der Waals surface area contributed by atoms with Gasteiger partial charge in [0.25, 0.3) is 0 Å². The molecule has 68 heavy (non-hydrogen) atoms. The van der Waals surface area contributed by atoms with E-state index in [-0.39, 0.29) is 0 Å². The molecule has 0 fully saturated rings. The Hall–Kier alpha value is -9.26. The lowest BCUT2D eigenvalue weighted by molar-refractivity contribution is 0.673. The van der Waals surface area contributed by atoms with Gasteiger partial charge in [0.05, 0.1) is 22.1 Å². The van der Waals surface area contributed by atoms with E-state index in [1.165, 1.54) is 0 Å². The van der Waals surface area contributed by atoms with Gasteiger partial charge >= 0.3 is 0 Å². The van der Waals surface area contributed by atoms with Crippen molar-refractivity contribution in [3.8, 4) is 84.5 Å². The second kappa shape index (κ2) is 16.3. The quantitative estimate of drug-likeness (QED) is 0.152. The zero-order chi connectivity index (χ0) is 45.0. The fourth-order valence-corrected chi connectivity index (χ4v) is 9.78. The smallest absolute Gasteiger partial charge is 0.166 e. The molecule has 0 N–H and O–H groups in total. The lowest BCUT2D eigenvalue weighted by Crippen LogP contribution is -2.02. The fraction of sp³-hybridized carbons (Fsp3) is 0. The standard InChI is InChI=1S/C62H39N5O/c1-6-19-40(20-7-1)44-33-34-47(41-21-8-2-9-22-41)51(37-44)45-38-52(62-65-60(42-23-10-3-11-24-42)64-61(66-62)43-25-12-4-13-26-43)58(63-39-45)49-30-18-32-55-56(49)50-35-36-54-57(59(50)68-55)48-29-16-17-31-53(48)67(54)46-27-14-5-15-28-46/h1-39H. The second-order valence-corrected chi connectivity index (χ2v) is 17.0. The number of fused-ring (bicyclic) bond motifs is 7. The Morgan fingerprint density at radius 3 is 1.62 bits per heavy atom. The number of pyridine rings is 1. The minimum Gasteiger partial charge on any atom is -0.455 e. The van der Waals surface area contributed by atoms with Gasteiger partial charge in [-0.3, -0.25) is 4.98 Å². The van der Waals surface area contributed by atoms with Gasteiger partial charge in [0.15, 0.2) is 17.5 Å². The van der Waals surface area contributed by atoms with Gasteiger partial charge in [0, 0.05) is 55.9 Å². The zero-order valence-electron chi connectivity index (χ0n) is 36.7. The monoisotopic (exact) mass is 869 g/mol. The van der Waals surface area contributed by atoms with E-state index in [4.69, 9.17) is 24.4 Å². The maximum Gasteiger partial charge on any atom is 0.166 e. The summed E-state index contributed by atoms with van der Waals surface area (Å²) in [6.45, 7) is 0. The molecule has 13 aromatic rings. The van der Waals surface area contributed by atoms with Crippen LogP contribution in [-0.2, 0) is 0 Å². The van der Waals surface area contributed by atoms with Crippen LogP contribution in [0.15, 0.2) is 241 Å². The van der Waals surface area contributed by atoms with Gasteiger partial charge in [0.2, 0.25) is 0 Å². The number of furan rings is 1. The van der Waals surface area contributed by atoms with Crippen molar-refractivity contribution in [1.29, 1.82) is 0 Å². The number of rotatable bonds is 8. The fourth-order valence-electron chi connectivity index (χ4n) is 9.78. The Labute approximate surface area is 392 Å². The summed E-state index contributed by atoms with van der Waals surface area (Å²) in [4.78, 5) is 21.2. The van der Waals surface area contributed by atoms with Crippen LogP contribution in [-0.4, -0.2) is 24.5 Å². The summed E-state index contributed by atoms with van der Waals surface area (Å²) < 4.78 is 9.34. The molecule has 0 amide bonds. The van der Waals surface area contributed by atoms with Gasteiger partial charge in [-0.05, 0) is 76.3 Å². The third-order valence-corrected chi connectivity index (χ3v) is 12.9. The third-order valence-electron chi connectivity index (χ3n) is 12.9. The maximum atomic E-state index is 7.02.